The lowest BCUT2D eigenvalue weighted by molar-refractivity contribution is 0.684. The number of hydrogen-bond donors (Lipinski definition) is 0. The molecule has 2 heteroatoms. The normalized spacial score (nSPS) is 13.2. The van der Waals surface area contributed by atoms with Crippen molar-refractivity contribution in [3.05, 3.63) is 127 Å². The molecule has 0 radical (unpaired) electrons. The highest BCUT2D eigenvalue weighted by Gasteiger charge is 2.21. The molecule has 1 nitrogen and oxygen atoms in total. The van der Waals surface area contributed by atoms with Gasteiger partial charge in [0, 0.05) is 31.9 Å². The van der Waals surface area contributed by atoms with Crippen LogP contribution in [0.1, 0.15) is 24.0 Å². The minimum atomic E-state index is 1.12. The second kappa shape index (κ2) is 9.18. The van der Waals surface area contributed by atoms with Gasteiger partial charge in [-0.25, -0.2) is 0 Å². The standard InChI is InChI=1S/C37H27NS/c1-2-8-24(9-3-1)28-16-17-32-34(23-28)39-37-33(36-31-13-7-6-11-26(31)20-21-38-36)19-18-30(35(32)37)29-15-14-25-10-4-5-12-27(25)22-29/h1-5,8-10,12,14-23H,6-7,11,13H2. The highest BCUT2D eigenvalue weighted by molar-refractivity contribution is 7.26. The molecule has 0 saturated heterocycles. The molecular formula is C37H27NS. The van der Waals surface area contributed by atoms with E-state index in [4.69, 9.17) is 4.98 Å². The van der Waals surface area contributed by atoms with E-state index in [1.807, 2.05) is 17.5 Å². The molecule has 2 heterocycles. The Balaban J connectivity index is 1.42. The lowest BCUT2D eigenvalue weighted by Crippen LogP contribution is -2.05. The second-order valence-corrected chi connectivity index (χ2v) is 11.7. The molecule has 0 aliphatic heterocycles. The van der Waals surface area contributed by atoms with Crippen molar-refractivity contribution in [2.45, 2.75) is 25.7 Å². The van der Waals surface area contributed by atoms with E-state index < -0.39 is 0 Å². The zero-order valence-electron chi connectivity index (χ0n) is 21.7. The van der Waals surface area contributed by atoms with E-state index >= 15 is 0 Å². The van der Waals surface area contributed by atoms with Crippen LogP contribution in [-0.2, 0) is 12.8 Å². The summed E-state index contributed by atoms with van der Waals surface area (Å²) in [5.41, 5.74) is 10.5. The van der Waals surface area contributed by atoms with Gasteiger partial charge in [-0.15, -0.1) is 11.3 Å². The molecule has 0 saturated carbocycles. The molecule has 1 aliphatic rings. The Morgan fingerprint density at radius 3 is 2.31 bits per heavy atom. The second-order valence-electron chi connectivity index (χ2n) is 10.6. The summed E-state index contributed by atoms with van der Waals surface area (Å²) in [6.07, 6.45) is 6.82. The van der Waals surface area contributed by atoms with Gasteiger partial charge in [-0.1, -0.05) is 91.0 Å². The Morgan fingerprint density at radius 1 is 0.590 bits per heavy atom. The van der Waals surface area contributed by atoms with E-state index in [0.717, 1.165) is 12.8 Å². The van der Waals surface area contributed by atoms with Crippen molar-refractivity contribution in [3.63, 3.8) is 0 Å². The molecule has 8 rings (SSSR count). The van der Waals surface area contributed by atoms with Crippen LogP contribution in [-0.4, -0.2) is 4.98 Å². The zero-order chi connectivity index (χ0) is 25.8. The first kappa shape index (κ1) is 22.7. The largest absolute Gasteiger partial charge is 0.256 e. The van der Waals surface area contributed by atoms with Gasteiger partial charge in [-0.05, 0) is 88.0 Å². The fourth-order valence-corrected chi connectivity index (χ4v) is 7.65. The lowest BCUT2D eigenvalue weighted by Gasteiger charge is -2.19. The Bertz CT molecular complexity index is 2020. The number of nitrogens with zero attached hydrogens (tertiary/aromatic N) is 1. The number of pyridine rings is 1. The van der Waals surface area contributed by atoms with Gasteiger partial charge >= 0.3 is 0 Å². The number of fused-ring (bicyclic) bond motifs is 5. The molecule has 0 bridgehead atoms. The highest BCUT2D eigenvalue weighted by atomic mass is 32.1. The van der Waals surface area contributed by atoms with Crippen LogP contribution >= 0.6 is 11.3 Å². The van der Waals surface area contributed by atoms with Crippen molar-refractivity contribution in [2.75, 3.05) is 0 Å². The van der Waals surface area contributed by atoms with Gasteiger partial charge < -0.3 is 0 Å². The van der Waals surface area contributed by atoms with Gasteiger partial charge in [0.2, 0.25) is 0 Å². The van der Waals surface area contributed by atoms with Crippen molar-refractivity contribution >= 4 is 42.3 Å². The molecule has 2 aromatic heterocycles. The maximum absolute atomic E-state index is 5.00. The molecule has 0 N–H and O–H groups in total. The summed E-state index contributed by atoms with van der Waals surface area (Å²) >= 11 is 1.92. The third-order valence-electron chi connectivity index (χ3n) is 8.32. The summed E-state index contributed by atoms with van der Waals surface area (Å²) in [4.78, 5) is 5.00. The molecule has 0 fully saturated rings. The topological polar surface area (TPSA) is 12.9 Å². The van der Waals surface area contributed by atoms with Gasteiger partial charge in [0.1, 0.15) is 0 Å². The van der Waals surface area contributed by atoms with Crippen molar-refractivity contribution < 1.29 is 0 Å². The fraction of sp³-hybridized carbons (Fsp3) is 0.108. The maximum Gasteiger partial charge on any atom is 0.0751 e. The van der Waals surface area contributed by atoms with E-state index in [-0.39, 0.29) is 0 Å². The van der Waals surface area contributed by atoms with Crippen LogP contribution in [0.2, 0.25) is 0 Å². The molecule has 0 spiro atoms. The van der Waals surface area contributed by atoms with Gasteiger partial charge in [-0.2, -0.15) is 0 Å². The zero-order valence-corrected chi connectivity index (χ0v) is 22.5. The molecule has 1 aliphatic carbocycles. The highest BCUT2D eigenvalue weighted by Crippen LogP contribution is 2.46. The average Bonchev–Trinajstić information content (AvgIpc) is 3.40. The van der Waals surface area contributed by atoms with E-state index in [1.54, 1.807) is 0 Å². The Labute approximate surface area is 232 Å². The van der Waals surface area contributed by atoms with Crippen LogP contribution in [0.5, 0.6) is 0 Å². The maximum atomic E-state index is 5.00. The third-order valence-corrected chi connectivity index (χ3v) is 9.50. The molecule has 7 aromatic rings. The SMILES string of the molecule is c1ccc(-c2ccc3c(c2)sc2c(-c4nccc5c4CCCC5)ccc(-c4ccc5ccccc5c4)c23)cc1. The molecule has 39 heavy (non-hydrogen) atoms. The van der Waals surface area contributed by atoms with E-state index in [0.29, 0.717) is 0 Å². The van der Waals surface area contributed by atoms with Crippen LogP contribution in [0.3, 0.4) is 0 Å². The van der Waals surface area contributed by atoms with E-state index in [9.17, 15) is 0 Å². The first-order chi connectivity index (χ1) is 19.3. The Kier molecular flexibility index (Phi) is 5.34. The predicted octanol–water partition coefficient (Wildman–Crippen LogP) is 10.5. The molecule has 0 amide bonds. The molecule has 186 valence electrons. The minimum absolute atomic E-state index is 1.12. The van der Waals surface area contributed by atoms with Crippen LogP contribution in [0.25, 0.3) is 64.5 Å². The third kappa shape index (κ3) is 3.78. The number of hydrogen-bond acceptors (Lipinski definition) is 2. The quantitative estimate of drug-likeness (QED) is 0.227. The first-order valence-corrected chi connectivity index (χ1v) is 14.7. The number of rotatable bonds is 3. The summed E-state index contributed by atoms with van der Waals surface area (Å²) < 4.78 is 2.66. The molecular weight excluding hydrogens is 490 g/mol. The van der Waals surface area contributed by atoms with Crippen molar-refractivity contribution in [3.8, 4) is 33.5 Å². The van der Waals surface area contributed by atoms with Crippen molar-refractivity contribution in [1.82, 2.24) is 4.98 Å². The molecule has 0 atom stereocenters. The lowest BCUT2D eigenvalue weighted by atomic mass is 9.88. The van der Waals surface area contributed by atoms with Crippen molar-refractivity contribution in [2.24, 2.45) is 0 Å². The first-order valence-electron chi connectivity index (χ1n) is 13.8. The summed E-state index contributed by atoms with van der Waals surface area (Å²) in [5.74, 6) is 0. The van der Waals surface area contributed by atoms with Crippen LogP contribution in [0, 0.1) is 0 Å². The predicted molar refractivity (Wildman–Crippen MR) is 168 cm³/mol. The monoisotopic (exact) mass is 517 g/mol. The van der Waals surface area contributed by atoms with E-state index in [1.165, 1.54) is 88.4 Å². The summed E-state index contributed by atoms with van der Waals surface area (Å²) in [5, 5.41) is 5.22. The summed E-state index contributed by atoms with van der Waals surface area (Å²) in [6.45, 7) is 0. The van der Waals surface area contributed by atoms with E-state index in [2.05, 4.69) is 109 Å². The fourth-order valence-electron chi connectivity index (χ4n) is 6.37. The van der Waals surface area contributed by atoms with Gasteiger partial charge in [0.05, 0.1) is 5.69 Å². The Hall–Kier alpha value is -4.27. The van der Waals surface area contributed by atoms with Crippen LogP contribution < -0.4 is 0 Å². The molecule has 5 aromatic carbocycles. The van der Waals surface area contributed by atoms with Crippen LogP contribution in [0.15, 0.2) is 115 Å². The number of benzene rings is 5. The summed E-state index contributed by atoms with van der Waals surface area (Å²) in [6, 6.07) is 40.1. The number of thiophene rings is 1. The number of aromatic nitrogens is 1. The summed E-state index contributed by atoms with van der Waals surface area (Å²) in [7, 11) is 0. The van der Waals surface area contributed by atoms with Crippen molar-refractivity contribution in [1.29, 1.82) is 0 Å². The van der Waals surface area contributed by atoms with Gasteiger partial charge in [0.15, 0.2) is 0 Å². The number of aryl methyl sites for hydroxylation is 1. The molecule has 0 unspecified atom stereocenters. The Morgan fingerprint density at radius 2 is 1.38 bits per heavy atom. The van der Waals surface area contributed by atoms with Crippen LogP contribution in [0.4, 0.5) is 0 Å². The average molecular weight is 518 g/mol. The minimum Gasteiger partial charge on any atom is -0.256 e. The van der Waals surface area contributed by atoms with Gasteiger partial charge in [0.25, 0.3) is 0 Å². The van der Waals surface area contributed by atoms with Gasteiger partial charge in [-0.3, -0.25) is 4.98 Å². The smallest absolute Gasteiger partial charge is 0.0751 e.